The topological polar surface area (TPSA) is 70.7 Å². The predicted molar refractivity (Wildman–Crippen MR) is 70.9 cm³/mol. The molecule has 3 rings (SSSR count). The third-order valence-electron chi connectivity index (χ3n) is 2.58. The minimum atomic E-state index is -0.177. The van der Waals surface area contributed by atoms with Crippen molar-refractivity contribution in [2.75, 3.05) is 5.32 Å². The van der Waals surface area contributed by atoms with Crippen LogP contribution in [0.25, 0.3) is 10.9 Å². The predicted octanol–water partition coefficient (Wildman–Crippen LogP) is 2.58. The first-order valence-corrected chi connectivity index (χ1v) is 6.19. The molecule has 0 atom stereocenters. The molecule has 0 fully saturated rings. The SMILES string of the molecule is Cc1nsc(NC(=O)c2c[nH]c3ccccc23)n1. The van der Waals surface area contributed by atoms with Gasteiger partial charge in [-0.3, -0.25) is 10.1 Å². The van der Waals surface area contributed by atoms with E-state index in [1.807, 2.05) is 24.3 Å². The maximum absolute atomic E-state index is 12.1. The zero-order valence-electron chi connectivity index (χ0n) is 9.60. The minimum Gasteiger partial charge on any atom is -0.360 e. The van der Waals surface area contributed by atoms with Crippen LogP contribution in [0.2, 0.25) is 0 Å². The maximum atomic E-state index is 12.1. The first-order valence-electron chi connectivity index (χ1n) is 5.42. The summed E-state index contributed by atoms with van der Waals surface area (Å²) in [4.78, 5) is 19.3. The highest BCUT2D eigenvalue weighted by Gasteiger charge is 2.13. The number of nitrogens with one attached hydrogen (secondary N) is 2. The molecular weight excluding hydrogens is 248 g/mol. The number of benzene rings is 1. The Hall–Kier alpha value is -2.21. The van der Waals surface area contributed by atoms with Gasteiger partial charge >= 0.3 is 0 Å². The number of hydrogen-bond acceptors (Lipinski definition) is 4. The van der Waals surface area contributed by atoms with Gasteiger partial charge in [-0.15, -0.1) is 0 Å². The van der Waals surface area contributed by atoms with Gasteiger partial charge < -0.3 is 4.98 Å². The Morgan fingerprint density at radius 2 is 2.22 bits per heavy atom. The standard InChI is InChI=1S/C12H10N4OS/c1-7-14-12(18-16-7)15-11(17)9-6-13-10-5-3-2-4-8(9)10/h2-6,13H,1H3,(H,14,15,16,17). The molecule has 2 N–H and O–H groups in total. The smallest absolute Gasteiger partial charge is 0.259 e. The van der Waals surface area contributed by atoms with E-state index >= 15 is 0 Å². The van der Waals surface area contributed by atoms with Crippen LogP contribution in [0.1, 0.15) is 16.2 Å². The number of carbonyl (C=O) groups is 1. The van der Waals surface area contributed by atoms with Crippen molar-refractivity contribution in [2.45, 2.75) is 6.92 Å². The highest BCUT2D eigenvalue weighted by atomic mass is 32.1. The number of aromatic nitrogens is 3. The van der Waals surface area contributed by atoms with Gasteiger partial charge in [0.25, 0.3) is 5.91 Å². The molecule has 0 unspecified atom stereocenters. The number of aryl methyl sites for hydroxylation is 1. The van der Waals surface area contributed by atoms with Crippen molar-refractivity contribution in [2.24, 2.45) is 0 Å². The van der Waals surface area contributed by atoms with Gasteiger partial charge in [-0.2, -0.15) is 4.37 Å². The molecule has 6 heteroatoms. The van der Waals surface area contributed by atoms with Gasteiger partial charge in [0.2, 0.25) is 5.13 Å². The van der Waals surface area contributed by atoms with Gasteiger partial charge in [0.05, 0.1) is 5.56 Å². The molecule has 0 spiro atoms. The molecule has 1 amide bonds. The number of aromatic amines is 1. The molecule has 0 aliphatic rings. The van der Waals surface area contributed by atoms with E-state index in [1.54, 1.807) is 13.1 Å². The molecule has 0 radical (unpaired) electrons. The van der Waals surface area contributed by atoms with Crippen LogP contribution in [0.4, 0.5) is 5.13 Å². The van der Waals surface area contributed by atoms with Gasteiger partial charge in [0.1, 0.15) is 5.82 Å². The largest absolute Gasteiger partial charge is 0.360 e. The van der Waals surface area contributed by atoms with Crippen LogP contribution in [0, 0.1) is 6.92 Å². The Morgan fingerprint density at radius 3 is 3.00 bits per heavy atom. The van der Waals surface area contributed by atoms with Gasteiger partial charge in [0, 0.05) is 28.6 Å². The first kappa shape index (κ1) is 10.9. The highest BCUT2D eigenvalue weighted by molar-refractivity contribution is 7.09. The van der Waals surface area contributed by atoms with Crippen molar-refractivity contribution in [3.05, 3.63) is 41.9 Å². The summed E-state index contributed by atoms with van der Waals surface area (Å²) in [6.45, 7) is 1.79. The Labute approximate surface area is 107 Å². The zero-order chi connectivity index (χ0) is 12.5. The molecular formula is C12H10N4OS. The van der Waals surface area contributed by atoms with Crippen molar-refractivity contribution in [3.63, 3.8) is 0 Å². The number of amides is 1. The number of fused-ring (bicyclic) bond motifs is 1. The van der Waals surface area contributed by atoms with Crippen molar-refractivity contribution < 1.29 is 4.79 Å². The third-order valence-corrected chi connectivity index (χ3v) is 3.30. The second-order valence-corrected chi connectivity index (χ2v) is 4.60. The second kappa shape index (κ2) is 4.23. The number of anilines is 1. The number of para-hydroxylation sites is 1. The summed E-state index contributed by atoms with van der Waals surface area (Å²) in [6.07, 6.45) is 1.70. The molecule has 5 nitrogen and oxygen atoms in total. The molecule has 0 saturated heterocycles. The van der Waals surface area contributed by atoms with E-state index in [-0.39, 0.29) is 5.91 Å². The van der Waals surface area contributed by atoms with Crippen LogP contribution < -0.4 is 5.32 Å². The highest BCUT2D eigenvalue weighted by Crippen LogP contribution is 2.19. The molecule has 1 aromatic carbocycles. The summed E-state index contributed by atoms with van der Waals surface area (Å²) in [7, 11) is 0. The fourth-order valence-electron chi connectivity index (χ4n) is 1.77. The molecule has 2 aromatic heterocycles. The third kappa shape index (κ3) is 1.86. The van der Waals surface area contributed by atoms with E-state index in [1.165, 1.54) is 11.5 Å². The van der Waals surface area contributed by atoms with E-state index < -0.39 is 0 Å². The van der Waals surface area contributed by atoms with Crippen molar-refractivity contribution >= 4 is 33.5 Å². The van der Waals surface area contributed by atoms with Gasteiger partial charge in [-0.05, 0) is 13.0 Å². The van der Waals surface area contributed by atoms with E-state index in [0.717, 1.165) is 10.9 Å². The first-order chi connectivity index (χ1) is 8.74. The molecule has 0 aliphatic heterocycles. The number of rotatable bonds is 2. The normalized spacial score (nSPS) is 10.7. The number of nitrogens with zero attached hydrogens (tertiary/aromatic N) is 2. The Balaban J connectivity index is 1.92. The van der Waals surface area contributed by atoms with E-state index in [2.05, 4.69) is 19.7 Å². The van der Waals surface area contributed by atoms with Crippen molar-refractivity contribution in [3.8, 4) is 0 Å². The van der Waals surface area contributed by atoms with Gasteiger partial charge in [0.15, 0.2) is 0 Å². The van der Waals surface area contributed by atoms with E-state index in [9.17, 15) is 4.79 Å². The lowest BCUT2D eigenvalue weighted by molar-refractivity contribution is 0.102. The van der Waals surface area contributed by atoms with Crippen LogP contribution >= 0.6 is 11.5 Å². The fraction of sp³-hybridized carbons (Fsp3) is 0.0833. The molecule has 18 heavy (non-hydrogen) atoms. The minimum absolute atomic E-state index is 0.177. The van der Waals surface area contributed by atoms with E-state index in [0.29, 0.717) is 16.5 Å². The summed E-state index contributed by atoms with van der Waals surface area (Å²) in [6, 6.07) is 7.67. The van der Waals surface area contributed by atoms with Gasteiger partial charge in [-0.25, -0.2) is 4.98 Å². The quantitative estimate of drug-likeness (QED) is 0.742. The van der Waals surface area contributed by atoms with Crippen molar-refractivity contribution in [1.29, 1.82) is 0 Å². The summed E-state index contributed by atoms with van der Waals surface area (Å²) >= 11 is 1.18. The Bertz CT molecular complexity index is 716. The molecule has 2 heterocycles. The van der Waals surface area contributed by atoms with Crippen LogP contribution in [-0.2, 0) is 0 Å². The summed E-state index contributed by atoms with van der Waals surface area (Å²) < 4.78 is 4.02. The van der Waals surface area contributed by atoms with Crippen LogP contribution in [0.15, 0.2) is 30.5 Å². The van der Waals surface area contributed by atoms with Crippen LogP contribution in [0.3, 0.4) is 0 Å². The number of H-pyrrole nitrogens is 1. The average molecular weight is 258 g/mol. The molecule has 90 valence electrons. The number of carbonyl (C=O) groups excluding carboxylic acids is 1. The lowest BCUT2D eigenvalue weighted by Gasteiger charge is -1.99. The summed E-state index contributed by atoms with van der Waals surface area (Å²) in [5.41, 5.74) is 1.55. The van der Waals surface area contributed by atoms with Crippen LogP contribution in [-0.4, -0.2) is 20.2 Å². The maximum Gasteiger partial charge on any atom is 0.259 e. The molecule has 3 aromatic rings. The van der Waals surface area contributed by atoms with Gasteiger partial charge in [-0.1, -0.05) is 18.2 Å². The second-order valence-electron chi connectivity index (χ2n) is 3.85. The Morgan fingerprint density at radius 1 is 1.39 bits per heavy atom. The average Bonchev–Trinajstić information content (AvgIpc) is 2.95. The summed E-state index contributed by atoms with van der Waals surface area (Å²) in [5, 5.41) is 4.16. The fourth-order valence-corrected chi connectivity index (χ4v) is 2.34. The van der Waals surface area contributed by atoms with Crippen molar-refractivity contribution in [1.82, 2.24) is 14.3 Å². The zero-order valence-corrected chi connectivity index (χ0v) is 10.4. The number of hydrogen-bond donors (Lipinski definition) is 2. The van der Waals surface area contributed by atoms with Crippen LogP contribution in [0.5, 0.6) is 0 Å². The molecule has 0 saturated carbocycles. The monoisotopic (exact) mass is 258 g/mol. The Kier molecular flexibility index (Phi) is 2.56. The van der Waals surface area contributed by atoms with E-state index in [4.69, 9.17) is 0 Å². The molecule has 0 bridgehead atoms. The molecule has 0 aliphatic carbocycles. The summed E-state index contributed by atoms with van der Waals surface area (Å²) in [5.74, 6) is 0.484. The lowest BCUT2D eigenvalue weighted by atomic mass is 10.2. The lowest BCUT2D eigenvalue weighted by Crippen LogP contribution is -2.11.